The molecule has 0 aromatic carbocycles. The average molecular weight is 266 g/mol. The highest BCUT2D eigenvalue weighted by atomic mass is 35.5. The number of nitrogens with one attached hydrogen (secondary N) is 1. The van der Waals surface area contributed by atoms with E-state index in [0.717, 1.165) is 40.4 Å². The topological polar surface area (TPSA) is 21.3 Å². The number of ether oxygens (including phenoxy) is 1. The van der Waals surface area contributed by atoms with Crippen LogP contribution in [0, 0.1) is 0 Å². The van der Waals surface area contributed by atoms with Crippen LogP contribution in [0.4, 0.5) is 0 Å². The first kappa shape index (κ1) is 11.7. The zero-order chi connectivity index (χ0) is 10.7. The van der Waals surface area contributed by atoms with Gasteiger partial charge in [0.05, 0.1) is 14.8 Å². The molecule has 2 heterocycles. The molecule has 0 spiro atoms. The van der Waals surface area contributed by atoms with Gasteiger partial charge in [0.15, 0.2) is 0 Å². The van der Waals surface area contributed by atoms with Gasteiger partial charge in [-0.3, -0.25) is 0 Å². The molecule has 0 saturated carbocycles. The molecule has 0 radical (unpaired) electrons. The Morgan fingerprint density at radius 1 is 1.53 bits per heavy atom. The van der Waals surface area contributed by atoms with Gasteiger partial charge in [-0.05, 0) is 24.5 Å². The number of halogens is 2. The van der Waals surface area contributed by atoms with Gasteiger partial charge in [0.1, 0.15) is 0 Å². The second-order valence-electron chi connectivity index (χ2n) is 3.62. The highest BCUT2D eigenvalue weighted by Crippen LogP contribution is 2.30. The van der Waals surface area contributed by atoms with Gasteiger partial charge in [-0.15, -0.1) is 11.3 Å². The van der Waals surface area contributed by atoms with Crippen LogP contribution >= 0.6 is 34.5 Å². The van der Waals surface area contributed by atoms with E-state index in [-0.39, 0.29) is 0 Å². The minimum Gasteiger partial charge on any atom is -0.377 e. The number of rotatable bonds is 4. The van der Waals surface area contributed by atoms with Gasteiger partial charge >= 0.3 is 0 Å². The fourth-order valence-corrected chi connectivity index (χ4v) is 3.15. The predicted octanol–water partition coefficient (Wildman–Crippen LogP) is 3.32. The van der Waals surface area contributed by atoms with Crippen LogP contribution in [0.15, 0.2) is 6.07 Å². The van der Waals surface area contributed by atoms with Crippen molar-refractivity contribution in [1.29, 1.82) is 0 Å². The van der Waals surface area contributed by atoms with Crippen molar-refractivity contribution in [3.63, 3.8) is 0 Å². The highest BCUT2D eigenvalue weighted by molar-refractivity contribution is 7.20. The van der Waals surface area contributed by atoms with E-state index in [1.807, 2.05) is 6.07 Å². The number of thiophene rings is 1. The second-order valence-corrected chi connectivity index (χ2v) is 5.90. The molecule has 2 nitrogen and oxygen atoms in total. The molecule has 1 fully saturated rings. The van der Waals surface area contributed by atoms with Gasteiger partial charge in [0.2, 0.25) is 0 Å². The molecule has 1 unspecified atom stereocenters. The molecule has 1 aromatic rings. The Bertz CT molecular complexity index is 323. The standard InChI is InChI=1S/C10H13Cl2NOS/c11-9-4-7(10(12)15-9)5-13-6-8-2-1-3-14-8/h4,8,13H,1-3,5-6H2. The third kappa shape index (κ3) is 3.33. The summed E-state index contributed by atoms with van der Waals surface area (Å²) in [4.78, 5) is 0. The zero-order valence-electron chi connectivity index (χ0n) is 8.26. The number of hydrogen-bond donors (Lipinski definition) is 1. The first-order valence-electron chi connectivity index (χ1n) is 5.02. The molecule has 1 N–H and O–H groups in total. The Morgan fingerprint density at radius 3 is 3.00 bits per heavy atom. The van der Waals surface area contributed by atoms with Crippen LogP contribution in [0.3, 0.4) is 0 Å². The van der Waals surface area contributed by atoms with E-state index < -0.39 is 0 Å². The summed E-state index contributed by atoms with van der Waals surface area (Å²) in [6.45, 7) is 2.56. The lowest BCUT2D eigenvalue weighted by atomic mass is 10.2. The van der Waals surface area contributed by atoms with Gasteiger partial charge in [-0.1, -0.05) is 23.2 Å². The van der Waals surface area contributed by atoms with Gasteiger partial charge in [-0.2, -0.15) is 0 Å². The summed E-state index contributed by atoms with van der Waals surface area (Å²) in [6, 6.07) is 1.91. The summed E-state index contributed by atoms with van der Waals surface area (Å²) in [5.41, 5.74) is 1.07. The SMILES string of the molecule is Clc1cc(CNCC2CCCO2)c(Cl)s1. The maximum atomic E-state index is 6.00. The van der Waals surface area contributed by atoms with Gasteiger partial charge in [0.25, 0.3) is 0 Å². The van der Waals surface area contributed by atoms with Crippen molar-refractivity contribution in [2.75, 3.05) is 13.2 Å². The molecule has 0 amide bonds. The lowest BCUT2D eigenvalue weighted by molar-refractivity contribution is 0.110. The van der Waals surface area contributed by atoms with Gasteiger partial charge in [-0.25, -0.2) is 0 Å². The fraction of sp³-hybridized carbons (Fsp3) is 0.600. The molecule has 0 bridgehead atoms. The van der Waals surface area contributed by atoms with Crippen LogP contribution in [0.5, 0.6) is 0 Å². The Kier molecular flexibility index (Phi) is 4.29. The smallest absolute Gasteiger partial charge is 0.0989 e. The minimum atomic E-state index is 0.373. The molecule has 1 aromatic heterocycles. The van der Waals surface area contributed by atoms with E-state index in [9.17, 15) is 0 Å². The average Bonchev–Trinajstić information content (AvgIpc) is 2.77. The van der Waals surface area contributed by atoms with Crippen molar-refractivity contribution >= 4 is 34.5 Å². The first-order chi connectivity index (χ1) is 7.25. The Balaban J connectivity index is 1.75. The van der Waals surface area contributed by atoms with Crippen molar-refractivity contribution in [2.24, 2.45) is 0 Å². The molecule has 5 heteroatoms. The molecule has 15 heavy (non-hydrogen) atoms. The molecule has 0 aliphatic carbocycles. The highest BCUT2D eigenvalue weighted by Gasteiger charge is 2.14. The third-order valence-electron chi connectivity index (χ3n) is 2.44. The quantitative estimate of drug-likeness (QED) is 0.902. The van der Waals surface area contributed by atoms with Crippen LogP contribution in [0.1, 0.15) is 18.4 Å². The van der Waals surface area contributed by atoms with Crippen molar-refractivity contribution in [1.82, 2.24) is 5.32 Å². The van der Waals surface area contributed by atoms with Crippen molar-refractivity contribution in [3.8, 4) is 0 Å². The third-order valence-corrected chi connectivity index (χ3v) is 4.01. The Hall–Kier alpha value is 0.200. The zero-order valence-corrected chi connectivity index (χ0v) is 10.6. The summed E-state index contributed by atoms with van der Waals surface area (Å²) < 4.78 is 7.03. The molecule has 1 atom stereocenters. The Morgan fingerprint density at radius 2 is 2.40 bits per heavy atom. The second kappa shape index (κ2) is 5.51. The molecular formula is C10H13Cl2NOS. The number of hydrogen-bond acceptors (Lipinski definition) is 3. The molecular weight excluding hydrogens is 253 g/mol. The summed E-state index contributed by atoms with van der Waals surface area (Å²) in [6.07, 6.45) is 2.71. The molecule has 1 aliphatic rings. The van der Waals surface area contributed by atoms with E-state index >= 15 is 0 Å². The van der Waals surface area contributed by atoms with Crippen molar-refractivity contribution in [3.05, 3.63) is 20.3 Å². The van der Waals surface area contributed by atoms with Crippen LogP contribution in [0.25, 0.3) is 0 Å². The van der Waals surface area contributed by atoms with Crippen LogP contribution in [-0.2, 0) is 11.3 Å². The summed E-state index contributed by atoms with van der Waals surface area (Å²) in [5.74, 6) is 0. The van der Waals surface area contributed by atoms with E-state index in [1.54, 1.807) is 0 Å². The normalized spacial score (nSPS) is 21.1. The lowest BCUT2D eigenvalue weighted by Gasteiger charge is -2.09. The van der Waals surface area contributed by atoms with Crippen LogP contribution in [0.2, 0.25) is 8.67 Å². The van der Waals surface area contributed by atoms with Crippen molar-refractivity contribution in [2.45, 2.75) is 25.5 Å². The molecule has 2 rings (SSSR count). The van der Waals surface area contributed by atoms with Gasteiger partial charge in [0, 0.05) is 19.7 Å². The van der Waals surface area contributed by atoms with E-state index in [0.29, 0.717) is 6.10 Å². The van der Waals surface area contributed by atoms with Crippen LogP contribution < -0.4 is 5.32 Å². The first-order valence-corrected chi connectivity index (χ1v) is 6.59. The van der Waals surface area contributed by atoms with E-state index in [4.69, 9.17) is 27.9 Å². The lowest BCUT2D eigenvalue weighted by Crippen LogP contribution is -2.25. The van der Waals surface area contributed by atoms with E-state index in [1.165, 1.54) is 17.8 Å². The summed E-state index contributed by atoms with van der Waals surface area (Å²) >= 11 is 13.3. The fourth-order valence-electron chi connectivity index (χ4n) is 1.67. The summed E-state index contributed by atoms with van der Waals surface area (Å²) in [7, 11) is 0. The monoisotopic (exact) mass is 265 g/mol. The maximum Gasteiger partial charge on any atom is 0.0989 e. The largest absolute Gasteiger partial charge is 0.377 e. The minimum absolute atomic E-state index is 0.373. The predicted molar refractivity (Wildman–Crippen MR) is 65.0 cm³/mol. The summed E-state index contributed by atoms with van der Waals surface area (Å²) in [5, 5.41) is 3.34. The molecule has 84 valence electrons. The maximum absolute atomic E-state index is 6.00. The Labute approximate surface area is 104 Å². The molecule has 1 aliphatic heterocycles. The van der Waals surface area contributed by atoms with Crippen molar-refractivity contribution < 1.29 is 4.74 Å². The molecule has 1 saturated heterocycles. The van der Waals surface area contributed by atoms with Crippen LogP contribution in [-0.4, -0.2) is 19.3 Å². The van der Waals surface area contributed by atoms with E-state index in [2.05, 4.69) is 5.32 Å². The van der Waals surface area contributed by atoms with Gasteiger partial charge < -0.3 is 10.1 Å².